The third-order valence-electron chi connectivity index (χ3n) is 5.11. The second kappa shape index (κ2) is 9.72. The standard InChI is InChI=1S/C18H29N5O.2ClH/c1-12(2)17-20-13(3)10-16(21-17)22-6-8-23(9-7-22)18(24)14-4-5-15(19)11-14;;/h10,12,14-15H,4-9,11,19H2,1-3H3;2*1H. The van der Waals surface area contributed by atoms with Crippen LogP contribution in [0.5, 0.6) is 0 Å². The second-order valence-electron chi connectivity index (χ2n) is 7.46. The van der Waals surface area contributed by atoms with Gasteiger partial charge in [-0.25, -0.2) is 9.97 Å². The lowest BCUT2D eigenvalue weighted by molar-refractivity contribution is -0.135. The summed E-state index contributed by atoms with van der Waals surface area (Å²) in [5, 5.41) is 0. The molecule has 1 aliphatic heterocycles. The summed E-state index contributed by atoms with van der Waals surface area (Å²) in [6, 6.07) is 2.25. The number of piperazine rings is 1. The second-order valence-corrected chi connectivity index (χ2v) is 7.46. The van der Waals surface area contributed by atoms with E-state index in [2.05, 4.69) is 23.7 Å². The zero-order valence-corrected chi connectivity index (χ0v) is 17.5. The molecule has 148 valence electrons. The van der Waals surface area contributed by atoms with Crippen LogP contribution in [-0.2, 0) is 4.79 Å². The Morgan fingerprint density at radius 1 is 1.15 bits per heavy atom. The molecular formula is C18H31Cl2N5O. The van der Waals surface area contributed by atoms with E-state index in [0.717, 1.165) is 62.8 Å². The SMILES string of the molecule is Cc1cc(N2CCN(C(=O)C3CCC(N)C3)CC2)nc(C(C)C)n1.Cl.Cl. The zero-order chi connectivity index (χ0) is 17.3. The average Bonchev–Trinajstić information content (AvgIpc) is 3.00. The summed E-state index contributed by atoms with van der Waals surface area (Å²) < 4.78 is 0. The minimum atomic E-state index is 0. The Morgan fingerprint density at radius 3 is 2.35 bits per heavy atom. The van der Waals surface area contributed by atoms with Gasteiger partial charge in [-0.2, -0.15) is 0 Å². The van der Waals surface area contributed by atoms with Crippen LogP contribution < -0.4 is 10.6 Å². The third-order valence-corrected chi connectivity index (χ3v) is 5.11. The van der Waals surface area contributed by atoms with Gasteiger partial charge in [0.05, 0.1) is 0 Å². The number of hydrogen-bond donors (Lipinski definition) is 1. The summed E-state index contributed by atoms with van der Waals surface area (Å²) in [5.41, 5.74) is 6.95. The highest BCUT2D eigenvalue weighted by molar-refractivity contribution is 5.85. The smallest absolute Gasteiger partial charge is 0.225 e. The van der Waals surface area contributed by atoms with Crippen LogP contribution in [0.1, 0.15) is 50.5 Å². The van der Waals surface area contributed by atoms with E-state index < -0.39 is 0 Å². The molecule has 0 radical (unpaired) electrons. The van der Waals surface area contributed by atoms with Gasteiger partial charge in [0.25, 0.3) is 0 Å². The van der Waals surface area contributed by atoms with Gasteiger partial charge in [0.2, 0.25) is 5.91 Å². The van der Waals surface area contributed by atoms with Gasteiger partial charge >= 0.3 is 0 Å². The summed E-state index contributed by atoms with van der Waals surface area (Å²) in [6.07, 6.45) is 2.78. The minimum absolute atomic E-state index is 0. The number of rotatable bonds is 3. The number of aromatic nitrogens is 2. The first-order valence-corrected chi connectivity index (χ1v) is 9.09. The Balaban J connectivity index is 0.00000169. The van der Waals surface area contributed by atoms with E-state index in [0.29, 0.717) is 11.8 Å². The molecular weight excluding hydrogens is 373 g/mol. The molecule has 2 fully saturated rings. The van der Waals surface area contributed by atoms with Crippen LogP contribution in [0.15, 0.2) is 6.07 Å². The number of halogens is 2. The molecule has 2 N–H and O–H groups in total. The van der Waals surface area contributed by atoms with E-state index in [4.69, 9.17) is 10.7 Å². The van der Waals surface area contributed by atoms with Crippen molar-refractivity contribution in [1.82, 2.24) is 14.9 Å². The van der Waals surface area contributed by atoms with Crippen LogP contribution in [0, 0.1) is 12.8 Å². The summed E-state index contributed by atoms with van der Waals surface area (Å²) in [4.78, 5) is 26.1. The monoisotopic (exact) mass is 403 g/mol. The molecule has 1 saturated carbocycles. The summed E-state index contributed by atoms with van der Waals surface area (Å²) in [6.45, 7) is 9.44. The largest absolute Gasteiger partial charge is 0.353 e. The maximum absolute atomic E-state index is 12.6. The van der Waals surface area contributed by atoms with Gasteiger partial charge < -0.3 is 15.5 Å². The number of carbonyl (C=O) groups is 1. The molecule has 8 heteroatoms. The minimum Gasteiger partial charge on any atom is -0.353 e. The van der Waals surface area contributed by atoms with Gasteiger partial charge in [-0.3, -0.25) is 4.79 Å². The highest BCUT2D eigenvalue weighted by atomic mass is 35.5. The van der Waals surface area contributed by atoms with E-state index in [1.807, 2.05) is 17.9 Å². The molecule has 26 heavy (non-hydrogen) atoms. The van der Waals surface area contributed by atoms with E-state index in [9.17, 15) is 4.79 Å². The van der Waals surface area contributed by atoms with Crippen molar-refractivity contribution in [2.45, 2.75) is 52.0 Å². The lowest BCUT2D eigenvalue weighted by Gasteiger charge is -2.36. The molecule has 1 saturated heterocycles. The predicted molar refractivity (Wildman–Crippen MR) is 109 cm³/mol. The number of nitrogens with zero attached hydrogens (tertiary/aromatic N) is 4. The van der Waals surface area contributed by atoms with Crippen LogP contribution in [-0.4, -0.2) is 53.0 Å². The summed E-state index contributed by atoms with van der Waals surface area (Å²) in [5.74, 6) is 2.63. The number of nitrogens with two attached hydrogens (primary N) is 1. The van der Waals surface area contributed by atoms with Gasteiger partial charge in [-0.05, 0) is 26.2 Å². The van der Waals surface area contributed by atoms with Gasteiger partial charge in [-0.15, -0.1) is 24.8 Å². The van der Waals surface area contributed by atoms with Crippen LogP contribution >= 0.6 is 24.8 Å². The van der Waals surface area contributed by atoms with Crippen LogP contribution in [0.3, 0.4) is 0 Å². The Labute approximate surface area is 168 Å². The molecule has 2 heterocycles. The van der Waals surface area contributed by atoms with Crippen molar-refractivity contribution < 1.29 is 4.79 Å². The third kappa shape index (κ3) is 5.21. The van der Waals surface area contributed by atoms with E-state index in [1.165, 1.54) is 0 Å². The lowest BCUT2D eigenvalue weighted by Crippen LogP contribution is -2.50. The molecule has 0 aromatic carbocycles. The quantitative estimate of drug-likeness (QED) is 0.838. The molecule has 3 rings (SSSR count). The van der Waals surface area contributed by atoms with Crippen LogP contribution in [0.2, 0.25) is 0 Å². The van der Waals surface area contributed by atoms with Crippen molar-refractivity contribution in [2.75, 3.05) is 31.1 Å². The molecule has 1 aliphatic carbocycles. The topological polar surface area (TPSA) is 75.3 Å². The first-order valence-electron chi connectivity index (χ1n) is 9.09. The number of carbonyl (C=O) groups excluding carboxylic acids is 1. The molecule has 1 amide bonds. The predicted octanol–water partition coefficient (Wildman–Crippen LogP) is 2.53. The van der Waals surface area contributed by atoms with Crippen molar-refractivity contribution in [3.05, 3.63) is 17.6 Å². The van der Waals surface area contributed by atoms with Crippen molar-refractivity contribution >= 4 is 36.5 Å². The van der Waals surface area contributed by atoms with Gasteiger partial charge in [0, 0.05) is 55.8 Å². The fourth-order valence-electron chi connectivity index (χ4n) is 3.65. The Bertz CT molecular complexity index is 605. The number of aryl methyl sites for hydroxylation is 1. The maximum atomic E-state index is 12.6. The lowest BCUT2D eigenvalue weighted by atomic mass is 10.1. The van der Waals surface area contributed by atoms with E-state index in [-0.39, 0.29) is 36.8 Å². The van der Waals surface area contributed by atoms with Crippen LogP contribution in [0.25, 0.3) is 0 Å². The van der Waals surface area contributed by atoms with Gasteiger partial charge in [0.15, 0.2) is 0 Å². The first-order chi connectivity index (χ1) is 11.4. The average molecular weight is 404 g/mol. The van der Waals surface area contributed by atoms with Crippen molar-refractivity contribution in [2.24, 2.45) is 11.7 Å². The Hall–Kier alpha value is -1.11. The van der Waals surface area contributed by atoms with Crippen molar-refractivity contribution in [1.29, 1.82) is 0 Å². The van der Waals surface area contributed by atoms with Crippen molar-refractivity contribution in [3.63, 3.8) is 0 Å². The fourth-order valence-corrected chi connectivity index (χ4v) is 3.65. The van der Waals surface area contributed by atoms with Gasteiger partial charge in [0.1, 0.15) is 11.6 Å². The highest BCUT2D eigenvalue weighted by Crippen LogP contribution is 2.27. The molecule has 6 nitrogen and oxygen atoms in total. The fraction of sp³-hybridized carbons (Fsp3) is 0.722. The number of anilines is 1. The van der Waals surface area contributed by atoms with E-state index >= 15 is 0 Å². The van der Waals surface area contributed by atoms with E-state index in [1.54, 1.807) is 0 Å². The molecule has 0 spiro atoms. The first kappa shape index (κ1) is 22.9. The Kier molecular flexibility index (Phi) is 8.57. The van der Waals surface area contributed by atoms with Crippen LogP contribution in [0.4, 0.5) is 5.82 Å². The molecule has 1 aromatic rings. The molecule has 1 aromatic heterocycles. The molecule has 2 atom stereocenters. The maximum Gasteiger partial charge on any atom is 0.225 e. The number of amides is 1. The molecule has 2 unspecified atom stereocenters. The zero-order valence-electron chi connectivity index (χ0n) is 15.9. The summed E-state index contributed by atoms with van der Waals surface area (Å²) in [7, 11) is 0. The Morgan fingerprint density at radius 2 is 1.81 bits per heavy atom. The van der Waals surface area contributed by atoms with Gasteiger partial charge in [-0.1, -0.05) is 13.8 Å². The normalized spacial score (nSPS) is 22.8. The highest BCUT2D eigenvalue weighted by Gasteiger charge is 2.32. The number of hydrogen-bond acceptors (Lipinski definition) is 5. The van der Waals surface area contributed by atoms with Crippen molar-refractivity contribution in [3.8, 4) is 0 Å². The summed E-state index contributed by atoms with van der Waals surface area (Å²) >= 11 is 0. The molecule has 0 bridgehead atoms. The molecule has 2 aliphatic rings.